The van der Waals surface area contributed by atoms with Crippen LogP contribution in [0.25, 0.3) is 0 Å². The second-order valence-electron chi connectivity index (χ2n) is 15.1. The smallest absolute Gasteiger partial charge is 0.303 e. The number of carbonyl (C=O) groups excluding carboxylic acids is 4. The number of esters is 4. The molecule has 2 heterocycles. The molecular formula is C40H56O16Si. The summed E-state index contributed by atoms with van der Waals surface area (Å²) in [4.78, 5) is 49.2. The Morgan fingerprint density at radius 3 is 1.81 bits per heavy atom. The molecule has 2 saturated heterocycles. The highest BCUT2D eigenvalue weighted by Crippen LogP contribution is 2.35. The van der Waals surface area contributed by atoms with Crippen LogP contribution in [0.4, 0.5) is 0 Å². The zero-order valence-electron chi connectivity index (χ0n) is 33.5. The van der Waals surface area contributed by atoms with E-state index in [0.29, 0.717) is 0 Å². The average molecular weight is 821 g/mol. The fourth-order valence-electron chi connectivity index (χ4n) is 6.27. The van der Waals surface area contributed by atoms with Gasteiger partial charge in [0, 0.05) is 42.4 Å². The van der Waals surface area contributed by atoms with E-state index in [-0.39, 0.29) is 26.4 Å². The van der Waals surface area contributed by atoms with E-state index in [2.05, 4.69) is 19.6 Å². The molecule has 4 rings (SSSR count). The summed E-state index contributed by atoms with van der Waals surface area (Å²) in [6.07, 6.45) is -16.1. The van der Waals surface area contributed by atoms with Crippen LogP contribution in [-0.4, -0.2) is 130 Å². The zero-order chi connectivity index (χ0) is 41.7. The topological polar surface area (TPSA) is 201 Å². The fourth-order valence-corrected chi connectivity index (χ4v) is 7.00. The fraction of sp³-hybridized carbons (Fsp3) is 0.600. The van der Waals surface area contributed by atoms with Gasteiger partial charge in [0.2, 0.25) is 0 Å². The quantitative estimate of drug-likeness (QED) is 0.119. The van der Waals surface area contributed by atoms with E-state index < -0.39 is 106 Å². The lowest BCUT2D eigenvalue weighted by Crippen LogP contribution is -2.67. The van der Waals surface area contributed by atoms with Crippen LogP contribution in [-0.2, 0) is 79.8 Å². The van der Waals surface area contributed by atoms with E-state index >= 15 is 0 Å². The molecule has 0 amide bonds. The molecule has 17 heteroatoms. The van der Waals surface area contributed by atoms with Crippen molar-refractivity contribution in [1.29, 1.82) is 0 Å². The molecule has 0 radical (unpaired) electrons. The molecule has 2 aromatic rings. The number of rotatable bonds is 19. The zero-order valence-corrected chi connectivity index (χ0v) is 34.5. The molecule has 0 unspecified atom stereocenters. The minimum Gasteiger partial charge on any atom is -0.463 e. The third kappa shape index (κ3) is 14.5. The highest BCUT2D eigenvalue weighted by atomic mass is 28.3. The molecule has 0 bridgehead atoms. The maximum absolute atomic E-state index is 12.5. The Bertz CT molecular complexity index is 1570. The average Bonchev–Trinajstić information content (AvgIpc) is 3.14. The maximum atomic E-state index is 12.5. The van der Waals surface area contributed by atoms with Gasteiger partial charge in [-0.25, -0.2) is 0 Å². The van der Waals surface area contributed by atoms with Crippen molar-refractivity contribution in [3.05, 3.63) is 71.8 Å². The van der Waals surface area contributed by atoms with Crippen molar-refractivity contribution in [1.82, 2.24) is 0 Å². The Kier molecular flexibility index (Phi) is 17.6. The molecular weight excluding hydrogens is 765 g/mol. The van der Waals surface area contributed by atoms with E-state index in [1.54, 1.807) is 0 Å². The van der Waals surface area contributed by atoms with Gasteiger partial charge in [-0.3, -0.25) is 19.2 Å². The van der Waals surface area contributed by atoms with E-state index in [0.717, 1.165) is 44.9 Å². The lowest BCUT2D eigenvalue weighted by molar-refractivity contribution is -0.367. The number of ether oxygens (including phenoxy) is 10. The van der Waals surface area contributed by atoms with Crippen molar-refractivity contribution in [2.24, 2.45) is 0 Å². The van der Waals surface area contributed by atoms with Crippen molar-refractivity contribution < 1.29 is 76.8 Å². The monoisotopic (exact) mass is 820 g/mol. The number of benzene rings is 2. The van der Waals surface area contributed by atoms with Gasteiger partial charge < -0.3 is 57.6 Å². The third-order valence-corrected chi connectivity index (χ3v) is 10.7. The Balaban J connectivity index is 1.75. The van der Waals surface area contributed by atoms with E-state index in [4.69, 9.17) is 47.4 Å². The lowest BCUT2D eigenvalue weighted by Gasteiger charge is -2.49. The van der Waals surface area contributed by atoms with Crippen LogP contribution < -0.4 is 0 Å². The number of aliphatic hydroxyl groups is 2. The largest absolute Gasteiger partial charge is 0.463 e. The molecule has 2 N–H and O–H groups in total. The van der Waals surface area contributed by atoms with Crippen molar-refractivity contribution >= 4 is 32.0 Å². The summed E-state index contributed by atoms with van der Waals surface area (Å²) < 4.78 is 59.6. The first-order valence-corrected chi connectivity index (χ1v) is 22.6. The summed E-state index contributed by atoms with van der Waals surface area (Å²) in [7, 11) is -1.59. The molecule has 2 aliphatic rings. The van der Waals surface area contributed by atoms with Gasteiger partial charge in [-0.05, 0) is 17.2 Å². The third-order valence-electron chi connectivity index (χ3n) is 9.02. The molecule has 2 fully saturated rings. The Morgan fingerprint density at radius 2 is 1.25 bits per heavy atom. The summed E-state index contributed by atoms with van der Waals surface area (Å²) in [5.41, 5.74) is 1.71. The Labute approximate surface area is 333 Å². The maximum Gasteiger partial charge on any atom is 0.303 e. The van der Waals surface area contributed by atoms with Crippen molar-refractivity contribution in [2.75, 3.05) is 19.8 Å². The van der Waals surface area contributed by atoms with E-state index in [1.165, 1.54) is 0 Å². The Morgan fingerprint density at radius 1 is 0.684 bits per heavy atom. The SMILES string of the molecule is CC(=O)OC[C@H]1O[C@@H](O[C@H]2[C@H](O)[C@H](O)[C@@H](OCC[Si](C)(C)C)O[C@@H]2[C@H](COCc2ccccc2)OCc2ccccc2)[C@H](OC(C)=O)[C@@H](OC(C)=O)[C@@H]1OC(C)=O. The normalized spacial score (nSPS) is 28.2. The van der Waals surface area contributed by atoms with Gasteiger partial charge in [-0.2, -0.15) is 0 Å². The Hall–Kier alpha value is -3.78. The van der Waals surface area contributed by atoms with Crippen molar-refractivity contribution in [2.45, 2.75) is 134 Å². The van der Waals surface area contributed by atoms with Gasteiger partial charge in [-0.1, -0.05) is 80.3 Å². The van der Waals surface area contributed by atoms with Crippen LogP contribution >= 0.6 is 0 Å². The minimum atomic E-state index is -1.73. The van der Waals surface area contributed by atoms with Gasteiger partial charge >= 0.3 is 23.9 Å². The van der Waals surface area contributed by atoms with Gasteiger partial charge in [0.05, 0.1) is 19.8 Å². The summed E-state index contributed by atoms with van der Waals surface area (Å²) >= 11 is 0. The second-order valence-corrected chi connectivity index (χ2v) is 20.8. The van der Waals surface area contributed by atoms with Gasteiger partial charge in [0.1, 0.15) is 43.2 Å². The first-order chi connectivity index (χ1) is 27.0. The van der Waals surface area contributed by atoms with Gasteiger partial charge in [0.25, 0.3) is 0 Å². The predicted octanol–water partition coefficient (Wildman–Crippen LogP) is 3.06. The van der Waals surface area contributed by atoms with Gasteiger partial charge in [0.15, 0.2) is 30.9 Å². The predicted molar refractivity (Wildman–Crippen MR) is 203 cm³/mol. The molecule has 16 nitrogen and oxygen atoms in total. The van der Waals surface area contributed by atoms with Crippen LogP contribution in [0.5, 0.6) is 0 Å². The molecule has 0 saturated carbocycles. The molecule has 0 spiro atoms. The standard InChI is InChI=1S/C40H56O16Si/c1-24(41)49-23-31-35(51-25(2)42)37(52-26(3)43)38(53-27(4)44)40(54-31)56-36-32(45)33(46)39(48-18-19-57(5,6)7)55-34(36)30(50-21-29-16-12-9-13-17-29)22-47-20-28-14-10-8-11-15-28/h8-17,30-40,45-46H,18-23H2,1-7H3/t30-,31+,32+,33-,34+,35+,36-,37-,38+,39-,40-/m0/s1. The van der Waals surface area contributed by atoms with Crippen molar-refractivity contribution in [3.63, 3.8) is 0 Å². The number of aliphatic hydroxyl groups excluding tert-OH is 2. The van der Waals surface area contributed by atoms with Crippen molar-refractivity contribution in [3.8, 4) is 0 Å². The molecule has 11 atom stereocenters. The number of hydrogen-bond acceptors (Lipinski definition) is 16. The second kappa shape index (κ2) is 21.8. The summed E-state index contributed by atoms with van der Waals surface area (Å²) in [5.74, 6) is -3.18. The van der Waals surface area contributed by atoms with Crippen LogP contribution in [0.3, 0.4) is 0 Å². The first kappa shape index (κ1) is 45.9. The number of hydrogen-bond donors (Lipinski definition) is 2. The van der Waals surface area contributed by atoms with Crippen LogP contribution in [0.2, 0.25) is 25.7 Å². The summed E-state index contributed by atoms with van der Waals surface area (Å²) in [5, 5.41) is 23.4. The van der Waals surface area contributed by atoms with Crippen LogP contribution in [0, 0.1) is 0 Å². The number of carbonyl (C=O) groups is 4. The molecule has 0 aromatic heterocycles. The molecule has 2 aromatic carbocycles. The molecule has 57 heavy (non-hydrogen) atoms. The summed E-state index contributed by atoms with van der Waals surface area (Å²) in [6.45, 7) is 10.9. The first-order valence-electron chi connectivity index (χ1n) is 18.9. The van der Waals surface area contributed by atoms with E-state index in [9.17, 15) is 29.4 Å². The highest BCUT2D eigenvalue weighted by Gasteiger charge is 2.56. The highest BCUT2D eigenvalue weighted by molar-refractivity contribution is 6.76. The summed E-state index contributed by atoms with van der Waals surface area (Å²) in [6, 6.07) is 19.5. The minimum absolute atomic E-state index is 0.0880. The van der Waals surface area contributed by atoms with Crippen LogP contribution in [0.1, 0.15) is 38.8 Å². The lowest BCUT2D eigenvalue weighted by atomic mass is 9.94. The van der Waals surface area contributed by atoms with Crippen LogP contribution in [0.15, 0.2) is 60.7 Å². The molecule has 0 aliphatic carbocycles. The molecule has 2 aliphatic heterocycles. The van der Waals surface area contributed by atoms with Gasteiger partial charge in [-0.15, -0.1) is 0 Å². The molecule has 316 valence electrons. The van der Waals surface area contributed by atoms with E-state index in [1.807, 2.05) is 60.7 Å².